The normalized spacial score (nSPS) is 14.6. The Morgan fingerprint density at radius 1 is 0.962 bits per heavy atom. The number of piperazine rings is 1. The average Bonchev–Trinajstić information content (AvgIpc) is 2.70. The van der Waals surface area contributed by atoms with E-state index in [9.17, 15) is 0 Å². The van der Waals surface area contributed by atoms with Gasteiger partial charge >= 0.3 is 0 Å². The number of fused-ring (bicyclic) bond motifs is 1. The van der Waals surface area contributed by atoms with Gasteiger partial charge in [-0.15, -0.1) is 0 Å². The van der Waals surface area contributed by atoms with Crippen LogP contribution in [-0.4, -0.2) is 43.1 Å². The molecule has 0 amide bonds. The standard InChI is InChI=1S/C19H27N3.2C2H6/c1-5-15-12-18(14(2)3)20-19-13-16(6-7-17(15)19)22-10-8-21(4)9-11-22;2*1-2/h6-7,12-14H,5,8-11H2,1-4H3;2*1-2H3. The first kappa shape index (κ1) is 22.4. The van der Waals surface area contributed by atoms with Crippen molar-refractivity contribution in [3.63, 3.8) is 0 Å². The molecule has 1 aliphatic heterocycles. The quantitative estimate of drug-likeness (QED) is 0.700. The molecule has 1 fully saturated rings. The molecule has 1 aromatic carbocycles. The van der Waals surface area contributed by atoms with Gasteiger partial charge in [0.15, 0.2) is 0 Å². The fourth-order valence-corrected chi connectivity index (χ4v) is 3.16. The van der Waals surface area contributed by atoms with Gasteiger partial charge in [-0.3, -0.25) is 4.98 Å². The Balaban J connectivity index is 0.000000791. The van der Waals surface area contributed by atoms with Crippen LogP contribution in [0.2, 0.25) is 0 Å². The zero-order chi connectivity index (χ0) is 19.7. The van der Waals surface area contributed by atoms with Crippen LogP contribution in [-0.2, 0) is 6.42 Å². The predicted molar refractivity (Wildman–Crippen MR) is 118 cm³/mol. The van der Waals surface area contributed by atoms with E-state index >= 15 is 0 Å². The number of likely N-dealkylation sites (N-methyl/N-ethyl adjacent to an activating group) is 1. The van der Waals surface area contributed by atoms with Crippen molar-refractivity contribution in [3.05, 3.63) is 35.5 Å². The van der Waals surface area contributed by atoms with E-state index in [1.165, 1.54) is 22.3 Å². The summed E-state index contributed by atoms with van der Waals surface area (Å²) in [6.45, 7) is 19.2. The first-order valence-electron chi connectivity index (χ1n) is 10.5. The summed E-state index contributed by atoms with van der Waals surface area (Å²) in [6.07, 6.45) is 1.06. The second-order valence-corrected chi connectivity index (χ2v) is 6.71. The number of aryl methyl sites for hydroxylation is 1. The van der Waals surface area contributed by atoms with Gasteiger partial charge in [0.25, 0.3) is 0 Å². The molecular weight excluding hydrogens is 318 g/mol. The molecule has 1 saturated heterocycles. The van der Waals surface area contributed by atoms with Crippen LogP contribution in [0, 0.1) is 0 Å². The average molecular weight is 358 g/mol. The first-order chi connectivity index (χ1) is 12.6. The number of nitrogens with zero attached hydrogens (tertiary/aromatic N) is 3. The molecule has 0 aliphatic carbocycles. The molecule has 3 rings (SSSR count). The minimum atomic E-state index is 0.474. The number of pyridine rings is 1. The monoisotopic (exact) mass is 357 g/mol. The third kappa shape index (κ3) is 5.44. The van der Waals surface area contributed by atoms with Gasteiger partial charge in [0, 0.05) is 42.9 Å². The maximum absolute atomic E-state index is 4.92. The molecule has 1 aromatic heterocycles. The van der Waals surface area contributed by atoms with Crippen LogP contribution in [0.25, 0.3) is 10.9 Å². The van der Waals surface area contributed by atoms with Crippen molar-refractivity contribution in [2.24, 2.45) is 0 Å². The van der Waals surface area contributed by atoms with Gasteiger partial charge in [-0.05, 0) is 43.1 Å². The highest BCUT2D eigenvalue weighted by atomic mass is 15.2. The van der Waals surface area contributed by atoms with E-state index in [0.29, 0.717) is 5.92 Å². The van der Waals surface area contributed by atoms with Crippen molar-refractivity contribution < 1.29 is 0 Å². The molecule has 3 nitrogen and oxygen atoms in total. The summed E-state index contributed by atoms with van der Waals surface area (Å²) in [6, 6.07) is 9.09. The van der Waals surface area contributed by atoms with Crippen LogP contribution in [0.1, 0.15) is 65.6 Å². The zero-order valence-corrected chi connectivity index (χ0v) is 18.3. The lowest BCUT2D eigenvalue weighted by Gasteiger charge is -2.34. The summed E-state index contributed by atoms with van der Waals surface area (Å²) in [5, 5.41) is 1.31. The van der Waals surface area contributed by atoms with Gasteiger partial charge in [-0.25, -0.2) is 0 Å². The Morgan fingerprint density at radius 3 is 2.12 bits per heavy atom. The van der Waals surface area contributed by atoms with Crippen molar-refractivity contribution in [3.8, 4) is 0 Å². The first-order valence-corrected chi connectivity index (χ1v) is 10.5. The number of hydrogen-bond donors (Lipinski definition) is 0. The molecule has 0 atom stereocenters. The third-order valence-corrected chi connectivity index (χ3v) is 4.74. The lowest BCUT2D eigenvalue weighted by molar-refractivity contribution is 0.313. The van der Waals surface area contributed by atoms with Gasteiger partial charge in [-0.1, -0.05) is 54.5 Å². The van der Waals surface area contributed by atoms with Gasteiger partial charge in [-0.2, -0.15) is 0 Å². The summed E-state index contributed by atoms with van der Waals surface area (Å²) in [7, 11) is 2.20. The molecule has 0 saturated carbocycles. The van der Waals surface area contributed by atoms with Crippen molar-refractivity contribution in [2.45, 2.75) is 60.8 Å². The Morgan fingerprint density at radius 2 is 1.58 bits per heavy atom. The van der Waals surface area contributed by atoms with E-state index in [0.717, 1.165) is 38.1 Å². The van der Waals surface area contributed by atoms with Crippen molar-refractivity contribution in [1.82, 2.24) is 9.88 Å². The fraction of sp³-hybridized carbons (Fsp3) is 0.609. The molecule has 0 spiro atoms. The van der Waals surface area contributed by atoms with E-state index in [1.807, 2.05) is 27.7 Å². The van der Waals surface area contributed by atoms with Crippen LogP contribution >= 0.6 is 0 Å². The van der Waals surface area contributed by atoms with Crippen LogP contribution in [0.15, 0.2) is 24.3 Å². The Kier molecular flexibility index (Phi) is 9.64. The SMILES string of the molecule is CC.CC.CCc1cc(C(C)C)nc2cc(N3CCN(C)CC3)ccc12. The zero-order valence-electron chi connectivity index (χ0n) is 18.3. The molecule has 3 heteroatoms. The molecule has 2 aromatic rings. The second-order valence-electron chi connectivity index (χ2n) is 6.71. The van der Waals surface area contributed by atoms with Crippen LogP contribution < -0.4 is 4.90 Å². The molecule has 2 heterocycles. The Labute approximate surface area is 161 Å². The van der Waals surface area contributed by atoms with Crippen LogP contribution in [0.3, 0.4) is 0 Å². The van der Waals surface area contributed by atoms with E-state index < -0.39 is 0 Å². The number of anilines is 1. The number of rotatable bonds is 3. The lowest BCUT2D eigenvalue weighted by atomic mass is 10.0. The third-order valence-electron chi connectivity index (χ3n) is 4.74. The Bertz CT molecular complexity index is 656. The van der Waals surface area contributed by atoms with Crippen molar-refractivity contribution in [1.29, 1.82) is 0 Å². The highest BCUT2D eigenvalue weighted by Crippen LogP contribution is 2.27. The molecule has 26 heavy (non-hydrogen) atoms. The molecule has 0 radical (unpaired) electrons. The summed E-state index contributed by atoms with van der Waals surface area (Å²) < 4.78 is 0. The minimum Gasteiger partial charge on any atom is -0.369 e. The van der Waals surface area contributed by atoms with E-state index in [4.69, 9.17) is 4.98 Å². The lowest BCUT2D eigenvalue weighted by Crippen LogP contribution is -2.44. The maximum Gasteiger partial charge on any atom is 0.0728 e. The topological polar surface area (TPSA) is 19.4 Å². The van der Waals surface area contributed by atoms with E-state index in [2.05, 4.69) is 61.9 Å². The number of aromatic nitrogens is 1. The molecule has 1 aliphatic rings. The smallest absolute Gasteiger partial charge is 0.0728 e. The Hall–Kier alpha value is -1.61. The largest absolute Gasteiger partial charge is 0.369 e. The summed E-state index contributed by atoms with van der Waals surface area (Å²) in [5.74, 6) is 0.474. The maximum atomic E-state index is 4.92. The van der Waals surface area contributed by atoms with E-state index in [1.54, 1.807) is 0 Å². The molecule has 146 valence electrons. The molecule has 0 N–H and O–H groups in total. The van der Waals surface area contributed by atoms with Gasteiger partial charge in [0.2, 0.25) is 0 Å². The molecule has 0 unspecified atom stereocenters. The highest BCUT2D eigenvalue weighted by Gasteiger charge is 2.15. The highest BCUT2D eigenvalue weighted by molar-refractivity contribution is 5.85. The number of hydrogen-bond acceptors (Lipinski definition) is 3. The fourth-order valence-electron chi connectivity index (χ4n) is 3.16. The second kappa shape index (κ2) is 11.2. The van der Waals surface area contributed by atoms with Crippen LogP contribution in [0.4, 0.5) is 5.69 Å². The molecular formula is C23H39N3. The van der Waals surface area contributed by atoms with Gasteiger partial charge < -0.3 is 9.80 Å². The summed E-state index contributed by atoms with van der Waals surface area (Å²) in [4.78, 5) is 9.79. The minimum absolute atomic E-state index is 0.474. The van der Waals surface area contributed by atoms with Crippen LogP contribution in [0.5, 0.6) is 0 Å². The predicted octanol–water partition coefficient (Wildman–Crippen LogP) is 5.72. The molecule has 0 bridgehead atoms. The van der Waals surface area contributed by atoms with Gasteiger partial charge in [0.1, 0.15) is 0 Å². The van der Waals surface area contributed by atoms with Gasteiger partial charge in [0.05, 0.1) is 5.52 Å². The van der Waals surface area contributed by atoms with E-state index in [-0.39, 0.29) is 0 Å². The number of benzene rings is 1. The van der Waals surface area contributed by atoms with Crippen molar-refractivity contribution in [2.75, 3.05) is 38.1 Å². The summed E-state index contributed by atoms with van der Waals surface area (Å²) in [5.41, 5.74) is 5.09. The van der Waals surface area contributed by atoms with Crippen molar-refractivity contribution >= 4 is 16.6 Å². The summed E-state index contributed by atoms with van der Waals surface area (Å²) >= 11 is 0.